The first-order valence-corrected chi connectivity index (χ1v) is 8.17. The van der Waals surface area contributed by atoms with Crippen molar-refractivity contribution in [2.45, 2.75) is 26.7 Å². The first-order valence-electron chi connectivity index (χ1n) is 8.17. The molecule has 1 aromatic carbocycles. The second kappa shape index (κ2) is 6.22. The van der Waals surface area contributed by atoms with E-state index in [1.54, 1.807) is 7.11 Å². The smallest absolute Gasteiger partial charge is 0.309 e. The van der Waals surface area contributed by atoms with E-state index in [1.807, 2.05) is 32.0 Å². The number of carbonyl (C=O) groups excluding carboxylic acids is 2. The topological polar surface area (TPSA) is 64.6 Å². The van der Waals surface area contributed by atoms with Crippen molar-refractivity contribution in [3.05, 3.63) is 23.8 Å². The standard InChI is InChI=1S/C18H23NO4/c1-4-23-18(21)16-13-7-11(8-14(13)16)17(20)19-12-6-5-10(2)15(9-12)22-3/h5-6,9,11,13-14,16H,4,7-8H2,1-3H3,(H,19,20)/t11?,13-,14?,16?/m0/s1. The van der Waals surface area contributed by atoms with E-state index in [0.717, 1.165) is 29.8 Å². The Balaban J connectivity index is 1.55. The van der Waals surface area contributed by atoms with Crippen LogP contribution in [0.3, 0.4) is 0 Å². The van der Waals surface area contributed by atoms with Crippen molar-refractivity contribution >= 4 is 17.6 Å². The van der Waals surface area contributed by atoms with Crippen molar-refractivity contribution in [2.75, 3.05) is 19.0 Å². The van der Waals surface area contributed by atoms with Crippen molar-refractivity contribution in [2.24, 2.45) is 23.7 Å². The molecule has 4 atom stereocenters. The molecule has 2 aliphatic rings. The van der Waals surface area contributed by atoms with Crippen LogP contribution in [0, 0.1) is 30.6 Å². The Bertz CT molecular complexity index is 615. The molecule has 3 rings (SSSR count). The molecule has 0 bridgehead atoms. The maximum Gasteiger partial charge on any atom is 0.309 e. The van der Waals surface area contributed by atoms with E-state index in [-0.39, 0.29) is 23.7 Å². The van der Waals surface area contributed by atoms with Gasteiger partial charge in [0.2, 0.25) is 5.91 Å². The third kappa shape index (κ3) is 3.05. The van der Waals surface area contributed by atoms with Crippen molar-refractivity contribution < 1.29 is 19.1 Å². The molecular weight excluding hydrogens is 294 g/mol. The molecule has 1 amide bonds. The zero-order valence-electron chi connectivity index (χ0n) is 13.8. The second-order valence-electron chi connectivity index (χ2n) is 6.45. The third-order valence-corrected chi connectivity index (χ3v) is 5.05. The molecular formula is C18H23NO4. The van der Waals surface area contributed by atoms with Crippen LogP contribution in [0.4, 0.5) is 5.69 Å². The van der Waals surface area contributed by atoms with Crippen LogP contribution >= 0.6 is 0 Å². The molecule has 5 heteroatoms. The predicted octanol–water partition coefficient (Wildman–Crippen LogP) is 2.78. The normalized spacial score (nSPS) is 28.0. The van der Waals surface area contributed by atoms with Gasteiger partial charge in [0.25, 0.3) is 0 Å². The van der Waals surface area contributed by atoms with Crippen LogP contribution < -0.4 is 10.1 Å². The largest absolute Gasteiger partial charge is 0.496 e. The van der Waals surface area contributed by atoms with Crippen LogP contribution in [0.25, 0.3) is 0 Å². The fourth-order valence-corrected chi connectivity index (χ4v) is 3.79. The Morgan fingerprint density at radius 3 is 2.57 bits per heavy atom. The molecule has 124 valence electrons. The van der Waals surface area contributed by atoms with Crippen LogP contribution in [0.1, 0.15) is 25.3 Å². The maximum atomic E-state index is 12.4. The summed E-state index contributed by atoms with van der Waals surface area (Å²) in [6, 6.07) is 5.65. The number of carbonyl (C=O) groups is 2. The molecule has 5 nitrogen and oxygen atoms in total. The summed E-state index contributed by atoms with van der Waals surface area (Å²) in [6.07, 6.45) is 1.56. The summed E-state index contributed by atoms with van der Waals surface area (Å²) >= 11 is 0. The van der Waals surface area contributed by atoms with E-state index < -0.39 is 0 Å². The molecule has 0 radical (unpaired) electrons. The van der Waals surface area contributed by atoms with Crippen molar-refractivity contribution in [1.82, 2.24) is 0 Å². The quantitative estimate of drug-likeness (QED) is 0.848. The molecule has 2 fully saturated rings. The Hall–Kier alpha value is -2.04. The highest BCUT2D eigenvalue weighted by atomic mass is 16.5. The van der Waals surface area contributed by atoms with Crippen molar-refractivity contribution in [3.63, 3.8) is 0 Å². The minimum Gasteiger partial charge on any atom is -0.496 e. The zero-order chi connectivity index (χ0) is 16.6. The molecule has 0 saturated heterocycles. The predicted molar refractivity (Wildman–Crippen MR) is 86.2 cm³/mol. The minimum atomic E-state index is -0.0929. The van der Waals surface area contributed by atoms with Gasteiger partial charge in [-0.15, -0.1) is 0 Å². The first kappa shape index (κ1) is 15.8. The maximum absolute atomic E-state index is 12.4. The summed E-state index contributed by atoms with van der Waals surface area (Å²) in [5.74, 6) is 1.38. The number of esters is 1. The summed E-state index contributed by atoms with van der Waals surface area (Å²) < 4.78 is 10.4. The monoisotopic (exact) mass is 317 g/mol. The molecule has 1 N–H and O–H groups in total. The number of aryl methyl sites for hydroxylation is 1. The fraction of sp³-hybridized carbons (Fsp3) is 0.556. The number of methoxy groups -OCH3 is 1. The SMILES string of the molecule is CCOC(=O)C1C2CC(C(=O)Nc3ccc(C)c(OC)c3)C[C@@H]21. The average Bonchev–Trinajstić information content (AvgIpc) is 3.04. The Kier molecular flexibility index (Phi) is 4.28. The number of amides is 1. The second-order valence-corrected chi connectivity index (χ2v) is 6.45. The summed E-state index contributed by atoms with van der Waals surface area (Å²) in [4.78, 5) is 24.2. The lowest BCUT2D eigenvalue weighted by atomic mass is 9.99. The summed E-state index contributed by atoms with van der Waals surface area (Å²) in [5.41, 5.74) is 1.78. The van der Waals surface area contributed by atoms with Crippen LogP contribution in [0.2, 0.25) is 0 Å². The van der Waals surface area contributed by atoms with Gasteiger partial charge in [-0.05, 0) is 50.2 Å². The lowest BCUT2D eigenvalue weighted by molar-refractivity contribution is -0.146. The molecule has 0 aromatic heterocycles. The van der Waals surface area contributed by atoms with Gasteiger partial charge in [-0.3, -0.25) is 9.59 Å². The highest BCUT2D eigenvalue weighted by Crippen LogP contribution is 2.60. The zero-order valence-corrected chi connectivity index (χ0v) is 13.8. The molecule has 2 saturated carbocycles. The molecule has 0 heterocycles. The minimum absolute atomic E-state index is 0.0111. The lowest BCUT2D eigenvalue weighted by Gasteiger charge is -2.15. The van der Waals surface area contributed by atoms with Gasteiger partial charge >= 0.3 is 5.97 Å². The van der Waals surface area contributed by atoms with E-state index in [4.69, 9.17) is 9.47 Å². The van der Waals surface area contributed by atoms with Gasteiger partial charge in [-0.25, -0.2) is 0 Å². The summed E-state index contributed by atoms with van der Waals surface area (Å²) in [6.45, 7) is 4.21. The molecule has 2 aliphatic carbocycles. The van der Waals surface area contributed by atoms with Gasteiger partial charge in [-0.2, -0.15) is 0 Å². The van der Waals surface area contributed by atoms with E-state index in [9.17, 15) is 9.59 Å². The van der Waals surface area contributed by atoms with Gasteiger partial charge in [0.05, 0.1) is 19.6 Å². The van der Waals surface area contributed by atoms with Crippen LogP contribution in [0.15, 0.2) is 18.2 Å². The molecule has 23 heavy (non-hydrogen) atoms. The molecule has 1 aromatic rings. The van der Waals surface area contributed by atoms with Crippen molar-refractivity contribution in [3.8, 4) is 5.75 Å². The number of rotatable bonds is 5. The third-order valence-electron chi connectivity index (χ3n) is 5.05. The highest BCUT2D eigenvalue weighted by Gasteiger charge is 2.61. The molecule has 0 aliphatic heterocycles. The lowest BCUT2D eigenvalue weighted by Crippen LogP contribution is -2.23. The molecule has 3 unspecified atom stereocenters. The number of hydrogen-bond donors (Lipinski definition) is 1. The van der Waals surface area contributed by atoms with E-state index in [2.05, 4.69) is 5.32 Å². The van der Waals surface area contributed by atoms with Crippen LogP contribution in [-0.4, -0.2) is 25.6 Å². The van der Waals surface area contributed by atoms with E-state index in [0.29, 0.717) is 18.4 Å². The number of anilines is 1. The van der Waals surface area contributed by atoms with Gasteiger partial charge in [0.1, 0.15) is 5.75 Å². The summed E-state index contributed by atoms with van der Waals surface area (Å²) in [7, 11) is 1.62. The Morgan fingerprint density at radius 1 is 1.26 bits per heavy atom. The molecule has 0 spiro atoms. The summed E-state index contributed by atoms with van der Waals surface area (Å²) in [5, 5.41) is 2.96. The van der Waals surface area contributed by atoms with Gasteiger partial charge in [-0.1, -0.05) is 6.07 Å². The van der Waals surface area contributed by atoms with E-state index >= 15 is 0 Å². The highest BCUT2D eigenvalue weighted by molar-refractivity contribution is 5.93. The number of ether oxygens (including phenoxy) is 2. The van der Waals surface area contributed by atoms with Crippen molar-refractivity contribution in [1.29, 1.82) is 0 Å². The fourth-order valence-electron chi connectivity index (χ4n) is 3.79. The number of nitrogens with one attached hydrogen (secondary N) is 1. The van der Waals surface area contributed by atoms with Crippen LogP contribution in [0.5, 0.6) is 5.75 Å². The average molecular weight is 317 g/mol. The van der Waals surface area contributed by atoms with Gasteiger partial charge in [0, 0.05) is 17.7 Å². The van der Waals surface area contributed by atoms with Gasteiger partial charge in [0.15, 0.2) is 0 Å². The van der Waals surface area contributed by atoms with E-state index in [1.165, 1.54) is 0 Å². The van der Waals surface area contributed by atoms with Crippen LogP contribution in [-0.2, 0) is 14.3 Å². The Labute approximate surface area is 136 Å². The number of fused-ring (bicyclic) bond motifs is 1. The Morgan fingerprint density at radius 2 is 1.96 bits per heavy atom. The first-order chi connectivity index (χ1) is 11.0. The van der Waals surface area contributed by atoms with Gasteiger partial charge < -0.3 is 14.8 Å². The number of hydrogen-bond acceptors (Lipinski definition) is 4. The number of benzene rings is 1.